The fraction of sp³-hybridized carbons (Fsp3) is 0.818. The first kappa shape index (κ1) is 10.7. The lowest BCUT2D eigenvalue weighted by molar-refractivity contribution is 0.0252. The normalized spacial score (nSPS) is 21.8. The first-order chi connectivity index (χ1) is 5.96. The summed E-state index contributed by atoms with van der Waals surface area (Å²) in [5.74, 6) is 0. The maximum Gasteiger partial charge on any atom is 0.0923 e. The zero-order valence-corrected chi connectivity index (χ0v) is 9.01. The van der Waals surface area contributed by atoms with Crippen LogP contribution in [0.5, 0.6) is 0 Å². The summed E-state index contributed by atoms with van der Waals surface area (Å²) in [5.41, 5.74) is 0.708. The number of rotatable bonds is 3. The second kappa shape index (κ2) is 3.81. The summed E-state index contributed by atoms with van der Waals surface area (Å²) in [6, 6.07) is 0. The van der Waals surface area contributed by atoms with E-state index in [1.165, 1.54) is 12.8 Å². The number of nitrogens with zero attached hydrogens (tertiary/aromatic N) is 1. The summed E-state index contributed by atoms with van der Waals surface area (Å²) >= 11 is 0. The van der Waals surface area contributed by atoms with Crippen LogP contribution in [0.4, 0.5) is 0 Å². The van der Waals surface area contributed by atoms with Gasteiger partial charge in [0.05, 0.1) is 6.10 Å². The predicted octanol–water partition coefficient (Wildman–Crippen LogP) is 1.80. The molecular formula is C11H21NO. The molecule has 0 aromatic rings. The zero-order chi connectivity index (χ0) is 10.1. The smallest absolute Gasteiger partial charge is 0.0923 e. The highest BCUT2D eigenvalue weighted by molar-refractivity contribution is 5.08. The van der Waals surface area contributed by atoms with E-state index in [9.17, 15) is 5.11 Å². The Hall–Kier alpha value is -0.340. The molecule has 13 heavy (non-hydrogen) atoms. The Morgan fingerprint density at radius 1 is 1.38 bits per heavy atom. The van der Waals surface area contributed by atoms with Gasteiger partial charge in [-0.25, -0.2) is 0 Å². The van der Waals surface area contributed by atoms with E-state index in [1.54, 1.807) is 0 Å². The van der Waals surface area contributed by atoms with Gasteiger partial charge in [-0.1, -0.05) is 12.2 Å². The quantitative estimate of drug-likeness (QED) is 0.674. The Balaban J connectivity index is 2.67. The molecule has 0 aliphatic carbocycles. The van der Waals surface area contributed by atoms with Crippen molar-refractivity contribution in [3.8, 4) is 0 Å². The Labute approximate surface area is 81.2 Å². The summed E-state index contributed by atoms with van der Waals surface area (Å²) in [4.78, 5) is 2.35. The lowest BCUT2D eigenvalue weighted by Crippen LogP contribution is -2.51. The molecule has 1 unspecified atom stereocenters. The first-order valence-corrected chi connectivity index (χ1v) is 5.05. The maximum atomic E-state index is 9.97. The van der Waals surface area contributed by atoms with Crippen LogP contribution in [0.3, 0.4) is 0 Å². The molecule has 1 aliphatic heterocycles. The van der Waals surface area contributed by atoms with Crippen LogP contribution in [0.1, 0.15) is 33.6 Å². The zero-order valence-electron chi connectivity index (χ0n) is 9.01. The highest BCUT2D eigenvalue weighted by Crippen LogP contribution is 2.26. The third-order valence-corrected chi connectivity index (χ3v) is 3.06. The van der Waals surface area contributed by atoms with Crippen LogP contribution in [0.2, 0.25) is 0 Å². The number of hydrogen-bond acceptors (Lipinski definition) is 2. The van der Waals surface area contributed by atoms with Crippen molar-refractivity contribution >= 4 is 0 Å². The average Bonchev–Trinajstić information content (AvgIpc) is 2.54. The molecule has 1 saturated heterocycles. The van der Waals surface area contributed by atoms with Gasteiger partial charge in [0.2, 0.25) is 0 Å². The molecule has 0 spiro atoms. The van der Waals surface area contributed by atoms with Gasteiger partial charge < -0.3 is 5.11 Å². The van der Waals surface area contributed by atoms with Gasteiger partial charge in [-0.2, -0.15) is 0 Å². The standard InChI is InChI=1S/C11H21NO/c1-9(2)10(13)11(3,4)12-7-5-6-8-12/h10,13H,1,5-8H2,2-4H3. The molecule has 1 fully saturated rings. The fourth-order valence-corrected chi connectivity index (χ4v) is 2.07. The van der Waals surface area contributed by atoms with E-state index in [0.717, 1.165) is 18.7 Å². The van der Waals surface area contributed by atoms with Gasteiger partial charge >= 0.3 is 0 Å². The van der Waals surface area contributed by atoms with E-state index in [-0.39, 0.29) is 5.54 Å². The number of hydrogen-bond donors (Lipinski definition) is 1. The van der Waals surface area contributed by atoms with Crippen LogP contribution in [-0.4, -0.2) is 34.7 Å². The minimum Gasteiger partial charge on any atom is -0.387 e. The second-order valence-electron chi connectivity index (χ2n) is 4.60. The fourth-order valence-electron chi connectivity index (χ4n) is 2.07. The van der Waals surface area contributed by atoms with E-state index in [4.69, 9.17) is 0 Å². The summed E-state index contributed by atoms with van der Waals surface area (Å²) in [6.45, 7) is 12.1. The summed E-state index contributed by atoms with van der Waals surface area (Å²) in [6.07, 6.45) is 2.10. The Kier molecular flexibility index (Phi) is 3.14. The van der Waals surface area contributed by atoms with Crippen LogP contribution in [0.15, 0.2) is 12.2 Å². The van der Waals surface area contributed by atoms with Crippen LogP contribution in [0, 0.1) is 0 Å². The van der Waals surface area contributed by atoms with Crippen molar-refractivity contribution in [3.63, 3.8) is 0 Å². The molecule has 0 aromatic heterocycles. The van der Waals surface area contributed by atoms with E-state index in [0.29, 0.717) is 0 Å². The molecule has 1 heterocycles. The van der Waals surface area contributed by atoms with Gasteiger partial charge in [-0.05, 0) is 46.7 Å². The van der Waals surface area contributed by atoms with Gasteiger partial charge in [0, 0.05) is 5.54 Å². The van der Waals surface area contributed by atoms with Crippen molar-refractivity contribution in [2.75, 3.05) is 13.1 Å². The van der Waals surface area contributed by atoms with Crippen LogP contribution >= 0.6 is 0 Å². The lowest BCUT2D eigenvalue weighted by atomic mass is 9.91. The number of likely N-dealkylation sites (tertiary alicyclic amines) is 1. The average molecular weight is 183 g/mol. The molecular weight excluding hydrogens is 162 g/mol. The molecule has 0 bridgehead atoms. The van der Waals surface area contributed by atoms with E-state index < -0.39 is 6.10 Å². The monoisotopic (exact) mass is 183 g/mol. The summed E-state index contributed by atoms with van der Waals surface area (Å²) in [5, 5.41) is 9.97. The molecule has 76 valence electrons. The minimum absolute atomic E-state index is 0.150. The minimum atomic E-state index is -0.411. The van der Waals surface area contributed by atoms with Gasteiger partial charge in [0.25, 0.3) is 0 Å². The Morgan fingerprint density at radius 3 is 2.23 bits per heavy atom. The molecule has 2 heteroatoms. The second-order valence-corrected chi connectivity index (χ2v) is 4.60. The first-order valence-electron chi connectivity index (χ1n) is 5.05. The number of aliphatic hydroxyl groups excluding tert-OH is 1. The van der Waals surface area contributed by atoms with Crippen molar-refractivity contribution in [2.24, 2.45) is 0 Å². The summed E-state index contributed by atoms with van der Waals surface area (Å²) < 4.78 is 0. The van der Waals surface area contributed by atoms with Crippen molar-refractivity contribution in [1.29, 1.82) is 0 Å². The lowest BCUT2D eigenvalue weighted by Gasteiger charge is -2.39. The molecule has 1 rings (SSSR count). The molecule has 2 nitrogen and oxygen atoms in total. The van der Waals surface area contributed by atoms with Crippen molar-refractivity contribution < 1.29 is 5.11 Å². The highest BCUT2D eigenvalue weighted by atomic mass is 16.3. The molecule has 1 aliphatic rings. The van der Waals surface area contributed by atoms with Gasteiger partial charge in [-0.3, -0.25) is 4.90 Å². The van der Waals surface area contributed by atoms with Gasteiger partial charge in [0.1, 0.15) is 0 Å². The maximum absolute atomic E-state index is 9.97. The highest BCUT2D eigenvalue weighted by Gasteiger charge is 2.35. The van der Waals surface area contributed by atoms with Gasteiger partial charge in [0.15, 0.2) is 0 Å². The van der Waals surface area contributed by atoms with E-state index in [1.807, 2.05) is 6.92 Å². The topological polar surface area (TPSA) is 23.5 Å². The SMILES string of the molecule is C=C(C)C(O)C(C)(C)N1CCCC1. The van der Waals surface area contributed by atoms with Crippen LogP contribution in [-0.2, 0) is 0 Å². The summed E-state index contributed by atoms with van der Waals surface area (Å²) in [7, 11) is 0. The predicted molar refractivity (Wildman–Crippen MR) is 55.7 cm³/mol. The molecule has 1 atom stereocenters. The van der Waals surface area contributed by atoms with Crippen LogP contribution < -0.4 is 0 Å². The molecule has 1 N–H and O–H groups in total. The Bertz CT molecular complexity index is 192. The third kappa shape index (κ3) is 2.12. The van der Waals surface area contributed by atoms with E-state index >= 15 is 0 Å². The van der Waals surface area contributed by atoms with Crippen molar-refractivity contribution in [3.05, 3.63) is 12.2 Å². The molecule has 0 amide bonds. The van der Waals surface area contributed by atoms with Crippen molar-refractivity contribution in [1.82, 2.24) is 4.90 Å². The molecule has 0 saturated carbocycles. The van der Waals surface area contributed by atoms with Crippen LogP contribution in [0.25, 0.3) is 0 Å². The van der Waals surface area contributed by atoms with E-state index in [2.05, 4.69) is 25.3 Å². The molecule has 0 aromatic carbocycles. The van der Waals surface area contributed by atoms with Gasteiger partial charge in [-0.15, -0.1) is 0 Å². The molecule has 0 radical (unpaired) electrons. The largest absolute Gasteiger partial charge is 0.387 e. The number of aliphatic hydroxyl groups is 1. The van der Waals surface area contributed by atoms with Crippen molar-refractivity contribution in [2.45, 2.75) is 45.3 Å². The Morgan fingerprint density at radius 2 is 1.85 bits per heavy atom. The third-order valence-electron chi connectivity index (χ3n) is 3.06.